The fourth-order valence-corrected chi connectivity index (χ4v) is 3.01. The van der Waals surface area contributed by atoms with Gasteiger partial charge in [-0.2, -0.15) is 0 Å². The molecule has 0 aliphatic rings. The van der Waals surface area contributed by atoms with E-state index in [1.54, 1.807) is 19.2 Å². The Hall–Kier alpha value is -2.76. The fraction of sp³-hybridized carbons (Fsp3) is 0.455. The molecule has 0 spiro atoms. The molecule has 0 aliphatic heterocycles. The Morgan fingerprint density at radius 1 is 1.14 bits per heavy atom. The molecule has 0 unspecified atom stereocenters. The molecule has 2 rings (SSSR count). The fourth-order valence-electron chi connectivity index (χ4n) is 3.01. The first-order valence-electron chi connectivity index (χ1n) is 9.88. The first-order chi connectivity index (χ1) is 13.5. The number of aryl methyl sites for hydroxylation is 2. The van der Waals surface area contributed by atoms with Gasteiger partial charge in [0.1, 0.15) is 5.75 Å². The molecule has 0 radical (unpaired) electrons. The van der Waals surface area contributed by atoms with Gasteiger partial charge in [0.2, 0.25) is 0 Å². The maximum absolute atomic E-state index is 11.9. The van der Waals surface area contributed by atoms with Gasteiger partial charge in [-0.05, 0) is 51.3 Å². The number of unbranched alkanes of at least 4 members (excludes halogenated alkanes) is 1. The molecule has 0 saturated heterocycles. The third-order valence-corrected chi connectivity index (χ3v) is 4.56. The van der Waals surface area contributed by atoms with Crippen molar-refractivity contribution in [2.45, 2.75) is 46.7 Å². The summed E-state index contributed by atoms with van der Waals surface area (Å²) in [6, 6.07) is 11.6. The Bertz CT molecular complexity index is 843. The summed E-state index contributed by atoms with van der Waals surface area (Å²) in [5, 5.41) is 6.66. The van der Waals surface area contributed by atoms with Crippen LogP contribution in [0.1, 0.15) is 36.6 Å². The van der Waals surface area contributed by atoms with Crippen molar-refractivity contribution in [1.82, 2.24) is 15.2 Å². The molecule has 6 nitrogen and oxygen atoms in total. The monoisotopic (exact) mass is 384 g/mol. The van der Waals surface area contributed by atoms with Crippen molar-refractivity contribution in [2.75, 3.05) is 20.2 Å². The number of ether oxygens (including phenoxy) is 1. The first-order valence-corrected chi connectivity index (χ1v) is 9.88. The van der Waals surface area contributed by atoms with Gasteiger partial charge in [0.25, 0.3) is 5.56 Å². The summed E-state index contributed by atoms with van der Waals surface area (Å²) in [6.07, 6.45) is 1.89. The summed E-state index contributed by atoms with van der Waals surface area (Å²) in [7, 11) is 1.76. The summed E-state index contributed by atoms with van der Waals surface area (Å²) < 4.78 is 7.55. The lowest BCUT2D eigenvalue weighted by molar-refractivity contribution is 0.336. The van der Waals surface area contributed by atoms with Crippen LogP contribution in [0.5, 0.6) is 5.75 Å². The minimum atomic E-state index is 0.0636. The third kappa shape index (κ3) is 6.44. The highest BCUT2D eigenvalue weighted by molar-refractivity contribution is 5.79. The summed E-state index contributed by atoms with van der Waals surface area (Å²) in [6.45, 7) is 8.84. The van der Waals surface area contributed by atoms with Crippen molar-refractivity contribution in [3.05, 3.63) is 63.6 Å². The average molecular weight is 385 g/mol. The van der Waals surface area contributed by atoms with Crippen molar-refractivity contribution in [1.29, 1.82) is 0 Å². The lowest BCUT2D eigenvalue weighted by Gasteiger charge is -2.15. The molecule has 2 aromatic rings. The van der Waals surface area contributed by atoms with Crippen molar-refractivity contribution < 1.29 is 4.74 Å². The predicted molar refractivity (Wildman–Crippen MR) is 115 cm³/mol. The summed E-state index contributed by atoms with van der Waals surface area (Å²) in [5.74, 6) is 1.67. The van der Waals surface area contributed by atoms with E-state index in [4.69, 9.17) is 4.74 Å². The molecule has 0 atom stereocenters. The quantitative estimate of drug-likeness (QED) is 0.396. The molecule has 0 saturated carbocycles. The highest BCUT2D eigenvalue weighted by Gasteiger charge is 2.05. The van der Waals surface area contributed by atoms with E-state index in [1.807, 2.05) is 24.5 Å². The van der Waals surface area contributed by atoms with Gasteiger partial charge in [-0.25, -0.2) is 0 Å². The Morgan fingerprint density at radius 3 is 2.68 bits per heavy atom. The standard InChI is InChI=1S/C22H32N4O2/c1-5-28-20-15-17(2)11-12-19(20)16-25-22(23-4)24-13-6-7-14-26-18(3)9-8-10-21(26)27/h8-12,15H,5-7,13-14,16H2,1-4H3,(H2,23,24,25). The van der Waals surface area contributed by atoms with Gasteiger partial charge in [0.05, 0.1) is 6.61 Å². The maximum Gasteiger partial charge on any atom is 0.250 e. The van der Waals surface area contributed by atoms with Crippen LogP contribution in [0.15, 0.2) is 46.2 Å². The SMILES string of the molecule is CCOc1cc(C)ccc1CNC(=NC)NCCCCn1c(C)cccc1=O. The topological polar surface area (TPSA) is 67.7 Å². The van der Waals surface area contributed by atoms with Gasteiger partial charge < -0.3 is 19.9 Å². The van der Waals surface area contributed by atoms with E-state index < -0.39 is 0 Å². The Morgan fingerprint density at radius 2 is 1.96 bits per heavy atom. The van der Waals surface area contributed by atoms with Crippen LogP contribution >= 0.6 is 0 Å². The number of hydrogen-bond acceptors (Lipinski definition) is 3. The molecule has 6 heteroatoms. The molecule has 152 valence electrons. The number of rotatable bonds is 9. The lowest BCUT2D eigenvalue weighted by Crippen LogP contribution is -2.37. The van der Waals surface area contributed by atoms with E-state index in [1.165, 1.54) is 5.56 Å². The molecule has 1 aromatic heterocycles. The molecule has 0 fully saturated rings. The van der Waals surface area contributed by atoms with E-state index in [2.05, 4.69) is 40.7 Å². The van der Waals surface area contributed by atoms with E-state index in [-0.39, 0.29) is 5.56 Å². The van der Waals surface area contributed by atoms with Gasteiger partial charge >= 0.3 is 0 Å². The molecule has 2 N–H and O–H groups in total. The Labute approximate surface area is 167 Å². The number of benzene rings is 1. The van der Waals surface area contributed by atoms with Gasteiger partial charge in [0.15, 0.2) is 5.96 Å². The second kappa shape index (κ2) is 11.2. The van der Waals surface area contributed by atoms with Crippen LogP contribution in [-0.4, -0.2) is 30.7 Å². The number of guanidine groups is 1. The number of nitrogens with zero attached hydrogens (tertiary/aromatic N) is 2. The average Bonchev–Trinajstić information content (AvgIpc) is 2.67. The van der Waals surface area contributed by atoms with Crippen LogP contribution in [0.2, 0.25) is 0 Å². The van der Waals surface area contributed by atoms with E-state index >= 15 is 0 Å². The van der Waals surface area contributed by atoms with Crippen molar-refractivity contribution in [3.8, 4) is 5.75 Å². The lowest BCUT2D eigenvalue weighted by atomic mass is 10.1. The van der Waals surface area contributed by atoms with Crippen LogP contribution in [0.3, 0.4) is 0 Å². The molecular weight excluding hydrogens is 352 g/mol. The predicted octanol–water partition coefficient (Wildman–Crippen LogP) is 3.01. The van der Waals surface area contributed by atoms with E-state index in [0.717, 1.165) is 48.9 Å². The number of aromatic nitrogens is 1. The van der Waals surface area contributed by atoms with E-state index in [9.17, 15) is 4.79 Å². The zero-order valence-corrected chi connectivity index (χ0v) is 17.4. The van der Waals surface area contributed by atoms with Crippen molar-refractivity contribution in [3.63, 3.8) is 0 Å². The minimum Gasteiger partial charge on any atom is -0.494 e. The summed E-state index contributed by atoms with van der Waals surface area (Å²) in [4.78, 5) is 16.2. The highest BCUT2D eigenvalue weighted by atomic mass is 16.5. The number of aliphatic imine (C=N–C) groups is 1. The molecule has 0 amide bonds. The van der Waals surface area contributed by atoms with Crippen LogP contribution in [0.4, 0.5) is 0 Å². The molecule has 1 heterocycles. The minimum absolute atomic E-state index is 0.0636. The van der Waals surface area contributed by atoms with Gasteiger partial charge in [-0.3, -0.25) is 9.79 Å². The summed E-state index contributed by atoms with van der Waals surface area (Å²) >= 11 is 0. The van der Waals surface area contributed by atoms with Gasteiger partial charge in [-0.15, -0.1) is 0 Å². The van der Waals surface area contributed by atoms with Crippen LogP contribution in [0.25, 0.3) is 0 Å². The molecule has 28 heavy (non-hydrogen) atoms. The molecule has 1 aromatic carbocycles. The number of nitrogens with one attached hydrogen (secondary N) is 2. The van der Waals surface area contributed by atoms with Crippen molar-refractivity contribution >= 4 is 5.96 Å². The summed E-state index contributed by atoms with van der Waals surface area (Å²) in [5.41, 5.74) is 3.35. The number of hydrogen-bond donors (Lipinski definition) is 2. The normalized spacial score (nSPS) is 11.4. The van der Waals surface area contributed by atoms with Gasteiger partial charge in [0, 0.05) is 44.0 Å². The highest BCUT2D eigenvalue weighted by Crippen LogP contribution is 2.20. The maximum atomic E-state index is 11.9. The Kier molecular flexibility index (Phi) is 8.59. The van der Waals surface area contributed by atoms with Crippen LogP contribution in [-0.2, 0) is 13.1 Å². The van der Waals surface area contributed by atoms with Crippen LogP contribution in [0, 0.1) is 13.8 Å². The smallest absolute Gasteiger partial charge is 0.250 e. The second-order valence-electron chi connectivity index (χ2n) is 6.76. The molecule has 0 bridgehead atoms. The zero-order chi connectivity index (χ0) is 20.4. The zero-order valence-electron chi connectivity index (χ0n) is 17.4. The Balaban J connectivity index is 1.77. The molecular formula is C22H32N4O2. The largest absolute Gasteiger partial charge is 0.494 e. The second-order valence-corrected chi connectivity index (χ2v) is 6.76. The van der Waals surface area contributed by atoms with E-state index in [0.29, 0.717) is 13.2 Å². The first kappa shape index (κ1) is 21.5. The van der Waals surface area contributed by atoms with Gasteiger partial charge in [-0.1, -0.05) is 18.2 Å². The third-order valence-electron chi connectivity index (χ3n) is 4.56. The van der Waals surface area contributed by atoms with Crippen molar-refractivity contribution in [2.24, 2.45) is 4.99 Å². The number of pyridine rings is 1. The van der Waals surface area contributed by atoms with Crippen LogP contribution < -0.4 is 20.9 Å². The molecule has 0 aliphatic carbocycles.